The van der Waals surface area contributed by atoms with Gasteiger partial charge in [0.15, 0.2) is 0 Å². The summed E-state index contributed by atoms with van der Waals surface area (Å²) in [5.41, 5.74) is 0. The molecule has 15 heavy (non-hydrogen) atoms. The predicted octanol–water partition coefficient (Wildman–Crippen LogP) is 2.08. The fraction of sp³-hybridized carbons (Fsp3) is 1.00. The Balaban J connectivity index is 0. The summed E-state index contributed by atoms with van der Waals surface area (Å²) >= 11 is 0. The SMILES string of the molecule is CCNC1CCN(CC(F)(F)F)C1.Cl.Cl. The average Bonchev–Trinajstić information content (AvgIpc) is 2.33. The highest BCUT2D eigenvalue weighted by Crippen LogP contribution is 2.19. The molecule has 0 aromatic rings. The van der Waals surface area contributed by atoms with Crippen LogP contribution in [0.4, 0.5) is 13.2 Å². The third-order valence-electron chi connectivity index (χ3n) is 2.17. The van der Waals surface area contributed by atoms with Gasteiger partial charge in [0.25, 0.3) is 0 Å². The van der Waals surface area contributed by atoms with Gasteiger partial charge in [-0.15, -0.1) is 24.8 Å². The molecule has 1 saturated heterocycles. The standard InChI is InChI=1S/C8H15F3N2.2ClH/c1-2-12-7-3-4-13(5-7)6-8(9,10)11;;/h7,12H,2-6H2,1H3;2*1H. The molecule has 0 bridgehead atoms. The number of alkyl halides is 3. The first-order valence-electron chi connectivity index (χ1n) is 4.54. The second-order valence-electron chi connectivity index (χ2n) is 3.39. The summed E-state index contributed by atoms with van der Waals surface area (Å²) in [6.07, 6.45) is -3.23. The van der Waals surface area contributed by atoms with E-state index in [9.17, 15) is 13.2 Å². The van der Waals surface area contributed by atoms with Crippen molar-refractivity contribution in [3.05, 3.63) is 0 Å². The van der Waals surface area contributed by atoms with Gasteiger partial charge in [0, 0.05) is 19.1 Å². The summed E-state index contributed by atoms with van der Waals surface area (Å²) in [6, 6.07) is 0.243. The van der Waals surface area contributed by atoms with Crippen LogP contribution >= 0.6 is 24.8 Å². The van der Waals surface area contributed by atoms with E-state index >= 15 is 0 Å². The lowest BCUT2D eigenvalue weighted by Crippen LogP contribution is -2.36. The van der Waals surface area contributed by atoms with Crippen molar-refractivity contribution in [3.8, 4) is 0 Å². The van der Waals surface area contributed by atoms with Crippen LogP contribution in [0.3, 0.4) is 0 Å². The molecular formula is C8H17Cl2F3N2. The Morgan fingerprint density at radius 2 is 1.93 bits per heavy atom. The van der Waals surface area contributed by atoms with Crippen molar-refractivity contribution in [2.45, 2.75) is 25.6 Å². The number of nitrogens with one attached hydrogen (secondary N) is 1. The van der Waals surface area contributed by atoms with Crippen LogP contribution in [-0.4, -0.2) is 43.3 Å². The summed E-state index contributed by atoms with van der Waals surface area (Å²) in [7, 11) is 0. The van der Waals surface area contributed by atoms with Gasteiger partial charge in [-0.3, -0.25) is 4.90 Å². The van der Waals surface area contributed by atoms with Crippen molar-refractivity contribution >= 4 is 24.8 Å². The summed E-state index contributed by atoms with van der Waals surface area (Å²) < 4.78 is 35.9. The topological polar surface area (TPSA) is 15.3 Å². The van der Waals surface area contributed by atoms with Gasteiger partial charge in [0.05, 0.1) is 6.54 Å². The molecule has 1 atom stereocenters. The van der Waals surface area contributed by atoms with Crippen molar-refractivity contribution in [1.82, 2.24) is 10.2 Å². The first kappa shape index (κ1) is 17.7. The Morgan fingerprint density at radius 3 is 2.40 bits per heavy atom. The van der Waals surface area contributed by atoms with Crippen LogP contribution < -0.4 is 5.32 Å². The smallest absolute Gasteiger partial charge is 0.313 e. The van der Waals surface area contributed by atoms with E-state index in [-0.39, 0.29) is 30.9 Å². The van der Waals surface area contributed by atoms with Crippen molar-refractivity contribution < 1.29 is 13.2 Å². The average molecular weight is 269 g/mol. The Morgan fingerprint density at radius 1 is 1.33 bits per heavy atom. The number of rotatable bonds is 3. The maximum absolute atomic E-state index is 12.0. The highest BCUT2D eigenvalue weighted by atomic mass is 35.5. The second-order valence-corrected chi connectivity index (χ2v) is 3.39. The third-order valence-corrected chi connectivity index (χ3v) is 2.17. The monoisotopic (exact) mass is 268 g/mol. The fourth-order valence-corrected chi connectivity index (χ4v) is 1.69. The van der Waals surface area contributed by atoms with E-state index < -0.39 is 12.7 Å². The van der Waals surface area contributed by atoms with Crippen LogP contribution in [0.15, 0.2) is 0 Å². The number of hydrogen-bond acceptors (Lipinski definition) is 2. The molecule has 1 rings (SSSR count). The fourth-order valence-electron chi connectivity index (χ4n) is 1.69. The van der Waals surface area contributed by atoms with E-state index in [0.717, 1.165) is 13.0 Å². The van der Waals surface area contributed by atoms with Crippen molar-refractivity contribution in [1.29, 1.82) is 0 Å². The van der Waals surface area contributed by atoms with Gasteiger partial charge in [-0.25, -0.2) is 0 Å². The second kappa shape index (κ2) is 7.54. The first-order chi connectivity index (χ1) is 6.01. The Hall–Kier alpha value is 0.290. The highest BCUT2D eigenvalue weighted by Gasteiger charge is 2.33. The van der Waals surface area contributed by atoms with Crippen LogP contribution in [0, 0.1) is 0 Å². The summed E-state index contributed by atoms with van der Waals surface area (Å²) in [5, 5.41) is 3.15. The molecule has 1 aliphatic rings. The summed E-state index contributed by atoms with van der Waals surface area (Å²) in [5.74, 6) is 0. The van der Waals surface area contributed by atoms with Gasteiger partial charge in [0.2, 0.25) is 0 Å². The molecule has 0 aliphatic carbocycles. The van der Waals surface area contributed by atoms with Crippen molar-refractivity contribution in [3.63, 3.8) is 0 Å². The number of nitrogens with zero attached hydrogens (tertiary/aromatic N) is 1. The molecule has 0 amide bonds. The number of likely N-dealkylation sites (N-methyl/N-ethyl adjacent to an activating group) is 1. The van der Waals surface area contributed by atoms with E-state index in [4.69, 9.17) is 0 Å². The van der Waals surface area contributed by atoms with Crippen LogP contribution in [0.2, 0.25) is 0 Å². The number of halogens is 5. The van der Waals surface area contributed by atoms with Gasteiger partial charge in [-0.2, -0.15) is 13.2 Å². The largest absolute Gasteiger partial charge is 0.401 e. The zero-order valence-electron chi connectivity index (χ0n) is 8.51. The third kappa shape index (κ3) is 7.22. The van der Waals surface area contributed by atoms with Crippen LogP contribution in [-0.2, 0) is 0 Å². The van der Waals surface area contributed by atoms with Gasteiger partial charge in [-0.1, -0.05) is 6.92 Å². The molecule has 1 fully saturated rings. The molecule has 94 valence electrons. The molecule has 7 heteroatoms. The molecule has 1 heterocycles. The van der Waals surface area contributed by atoms with Crippen LogP contribution in [0.5, 0.6) is 0 Å². The van der Waals surface area contributed by atoms with E-state index in [1.807, 2.05) is 6.92 Å². The van der Waals surface area contributed by atoms with Gasteiger partial charge >= 0.3 is 6.18 Å². The molecule has 1 N–H and O–H groups in total. The lowest BCUT2D eigenvalue weighted by molar-refractivity contribution is -0.143. The van der Waals surface area contributed by atoms with E-state index in [1.165, 1.54) is 4.90 Å². The van der Waals surface area contributed by atoms with Gasteiger partial charge in [0.1, 0.15) is 0 Å². The quantitative estimate of drug-likeness (QED) is 0.843. The van der Waals surface area contributed by atoms with Gasteiger partial charge in [-0.05, 0) is 13.0 Å². The lowest BCUT2D eigenvalue weighted by Gasteiger charge is -2.17. The maximum atomic E-state index is 12.0. The Labute approximate surface area is 100 Å². The molecule has 0 spiro atoms. The summed E-state index contributed by atoms with van der Waals surface area (Å²) in [4.78, 5) is 1.45. The minimum atomic E-state index is -4.05. The van der Waals surface area contributed by atoms with E-state index in [0.29, 0.717) is 13.1 Å². The van der Waals surface area contributed by atoms with E-state index in [2.05, 4.69) is 5.32 Å². The van der Waals surface area contributed by atoms with Crippen molar-refractivity contribution in [2.75, 3.05) is 26.2 Å². The molecule has 0 saturated carbocycles. The van der Waals surface area contributed by atoms with Crippen molar-refractivity contribution in [2.24, 2.45) is 0 Å². The Bertz CT molecular complexity index is 166. The molecule has 0 radical (unpaired) electrons. The lowest BCUT2D eigenvalue weighted by atomic mass is 10.3. The zero-order chi connectivity index (χ0) is 9.90. The Kier molecular flexibility index (Phi) is 8.89. The highest BCUT2D eigenvalue weighted by molar-refractivity contribution is 5.85. The minimum Gasteiger partial charge on any atom is -0.313 e. The molecule has 0 aromatic carbocycles. The first-order valence-corrected chi connectivity index (χ1v) is 4.54. The van der Waals surface area contributed by atoms with Crippen LogP contribution in [0.25, 0.3) is 0 Å². The van der Waals surface area contributed by atoms with Crippen LogP contribution in [0.1, 0.15) is 13.3 Å². The molecular weight excluding hydrogens is 252 g/mol. The minimum absolute atomic E-state index is 0. The maximum Gasteiger partial charge on any atom is 0.401 e. The van der Waals surface area contributed by atoms with Gasteiger partial charge < -0.3 is 5.32 Å². The number of hydrogen-bond donors (Lipinski definition) is 1. The molecule has 1 aliphatic heterocycles. The molecule has 0 aromatic heterocycles. The molecule has 1 unspecified atom stereocenters. The van der Waals surface area contributed by atoms with E-state index in [1.54, 1.807) is 0 Å². The normalized spacial score (nSPS) is 22.0. The zero-order valence-corrected chi connectivity index (χ0v) is 10.1. The molecule has 2 nitrogen and oxygen atoms in total. The number of likely N-dealkylation sites (tertiary alicyclic amines) is 1. The summed E-state index contributed by atoms with van der Waals surface area (Å²) in [6.45, 7) is 3.09. The predicted molar refractivity (Wildman–Crippen MR) is 59.1 cm³/mol.